The summed E-state index contributed by atoms with van der Waals surface area (Å²) in [5.74, 6) is -0.447. The van der Waals surface area contributed by atoms with Gasteiger partial charge in [-0.1, -0.05) is 11.6 Å². The van der Waals surface area contributed by atoms with E-state index in [1.165, 1.54) is 24.5 Å². The summed E-state index contributed by atoms with van der Waals surface area (Å²) in [5, 5.41) is 4.56. The van der Waals surface area contributed by atoms with Crippen LogP contribution in [0.5, 0.6) is 0 Å². The quantitative estimate of drug-likeness (QED) is 0.931. The summed E-state index contributed by atoms with van der Waals surface area (Å²) in [6, 6.07) is 2.20. The van der Waals surface area contributed by atoms with Crippen molar-refractivity contribution < 1.29 is 4.39 Å². The predicted octanol–water partition coefficient (Wildman–Crippen LogP) is 2.70. The van der Waals surface area contributed by atoms with Gasteiger partial charge in [0.25, 0.3) is 0 Å². The number of hydrogen-bond donors (Lipinski definition) is 1. The third kappa shape index (κ3) is 2.23. The summed E-state index contributed by atoms with van der Waals surface area (Å²) in [6.07, 6.45) is 3.01. The molecule has 96 valence electrons. The van der Waals surface area contributed by atoms with Gasteiger partial charge in [-0.05, 0) is 26.0 Å². The van der Waals surface area contributed by atoms with Gasteiger partial charge in [-0.15, -0.1) is 0 Å². The van der Waals surface area contributed by atoms with E-state index in [1.54, 1.807) is 4.68 Å². The first kappa shape index (κ1) is 13.0. The molecular weight excluding hydrogens is 255 g/mol. The summed E-state index contributed by atoms with van der Waals surface area (Å²) in [5.41, 5.74) is 6.79. The minimum Gasteiger partial charge on any atom is -0.318 e. The average molecular weight is 269 g/mol. The van der Waals surface area contributed by atoms with E-state index in [-0.39, 0.29) is 11.7 Å². The van der Waals surface area contributed by atoms with Crippen molar-refractivity contribution in [2.24, 2.45) is 5.73 Å². The molecule has 0 saturated heterocycles. The van der Waals surface area contributed by atoms with Gasteiger partial charge in [-0.2, -0.15) is 5.10 Å². The van der Waals surface area contributed by atoms with Crippen LogP contribution >= 0.6 is 11.6 Å². The molecule has 0 fully saturated rings. The Bertz CT molecular complexity index is 553. The van der Waals surface area contributed by atoms with Crippen LogP contribution in [0.15, 0.2) is 24.5 Å². The van der Waals surface area contributed by atoms with Crippen LogP contribution in [0, 0.1) is 5.82 Å². The normalized spacial score (nSPS) is 13.0. The van der Waals surface area contributed by atoms with Crippen LogP contribution in [0.1, 0.15) is 37.3 Å². The summed E-state index contributed by atoms with van der Waals surface area (Å²) in [6.45, 7) is 3.91. The Hall–Kier alpha value is -1.46. The number of nitrogens with zero attached hydrogens (tertiary/aromatic N) is 3. The summed E-state index contributed by atoms with van der Waals surface area (Å²) in [4.78, 5) is 3.98. The molecule has 0 aliphatic heterocycles. The largest absolute Gasteiger partial charge is 0.318 e. The zero-order valence-electron chi connectivity index (χ0n) is 10.1. The number of rotatable bonds is 3. The summed E-state index contributed by atoms with van der Waals surface area (Å²) < 4.78 is 15.4. The fourth-order valence-electron chi connectivity index (χ4n) is 1.81. The molecule has 1 atom stereocenters. The second kappa shape index (κ2) is 5.04. The molecule has 0 saturated carbocycles. The zero-order valence-corrected chi connectivity index (χ0v) is 10.9. The van der Waals surface area contributed by atoms with Crippen LogP contribution in [-0.4, -0.2) is 14.8 Å². The lowest BCUT2D eigenvalue weighted by molar-refractivity contribution is 0.490. The van der Waals surface area contributed by atoms with Gasteiger partial charge in [0.2, 0.25) is 0 Å². The molecule has 2 aromatic heterocycles. The van der Waals surface area contributed by atoms with Gasteiger partial charge in [0.15, 0.2) is 0 Å². The van der Waals surface area contributed by atoms with Crippen molar-refractivity contribution in [3.8, 4) is 0 Å². The molecule has 0 amide bonds. The Morgan fingerprint density at radius 2 is 2.17 bits per heavy atom. The monoisotopic (exact) mass is 268 g/mol. The fourth-order valence-corrected chi connectivity index (χ4v) is 2.06. The van der Waals surface area contributed by atoms with E-state index in [9.17, 15) is 4.39 Å². The molecule has 0 aromatic carbocycles. The highest BCUT2D eigenvalue weighted by Gasteiger charge is 2.23. The van der Waals surface area contributed by atoms with Gasteiger partial charge in [0, 0.05) is 12.2 Å². The molecule has 2 aromatic rings. The molecule has 0 radical (unpaired) electrons. The van der Waals surface area contributed by atoms with Crippen molar-refractivity contribution in [2.45, 2.75) is 25.9 Å². The summed E-state index contributed by atoms with van der Waals surface area (Å²) in [7, 11) is 0. The van der Waals surface area contributed by atoms with Crippen molar-refractivity contribution in [3.05, 3.63) is 46.8 Å². The minimum atomic E-state index is -0.733. The van der Waals surface area contributed by atoms with Gasteiger partial charge in [0.1, 0.15) is 5.82 Å². The molecule has 0 aliphatic rings. The standard InChI is InChI=1S/C12H14ClFN4/c1-7(2)18-12(8(13)6-17-18)10(15)11-9(14)4-3-5-16-11/h3-7,10H,15H2,1-2H3. The molecule has 4 nitrogen and oxygen atoms in total. The molecule has 2 N–H and O–H groups in total. The highest BCUT2D eigenvalue weighted by Crippen LogP contribution is 2.28. The van der Waals surface area contributed by atoms with E-state index in [4.69, 9.17) is 17.3 Å². The Labute approximate surface area is 110 Å². The Balaban J connectivity index is 2.49. The Morgan fingerprint density at radius 1 is 1.44 bits per heavy atom. The Morgan fingerprint density at radius 3 is 2.78 bits per heavy atom. The van der Waals surface area contributed by atoms with Gasteiger partial charge in [-0.25, -0.2) is 4.39 Å². The second-order valence-corrected chi connectivity index (χ2v) is 4.67. The molecule has 0 bridgehead atoms. The summed E-state index contributed by atoms with van der Waals surface area (Å²) >= 11 is 6.07. The second-order valence-electron chi connectivity index (χ2n) is 4.26. The Kier molecular flexibility index (Phi) is 3.63. The van der Waals surface area contributed by atoms with Gasteiger partial charge in [0.05, 0.1) is 28.6 Å². The zero-order chi connectivity index (χ0) is 13.3. The van der Waals surface area contributed by atoms with Crippen molar-refractivity contribution in [3.63, 3.8) is 0 Å². The molecule has 1 unspecified atom stereocenters. The SMILES string of the molecule is CC(C)n1ncc(Cl)c1C(N)c1ncccc1F. The molecule has 18 heavy (non-hydrogen) atoms. The van der Waals surface area contributed by atoms with Crippen LogP contribution in [0.2, 0.25) is 5.02 Å². The highest BCUT2D eigenvalue weighted by atomic mass is 35.5. The van der Waals surface area contributed by atoms with Crippen molar-refractivity contribution >= 4 is 11.6 Å². The smallest absolute Gasteiger partial charge is 0.146 e. The molecule has 2 heterocycles. The van der Waals surface area contributed by atoms with E-state index in [0.717, 1.165) is 0 Å². The first-order valence-corrected chi connectivity index (χ1v) is 5.99. The third-order valence-corrected chi connectivity index (χ3v) is 2.94. The fraction of sp³-hybridized carbons (Fsp3) is 0.333. The molecule has 6 heteroatoms. The molecular formula is C12H14ClFN4. The molecule has 0 aliphatic carbocycles. The van der Waals surface area contributed by atoms with Crippen LogP contribution in [0.25, 0.3) is 0 Å². The number of hydrogen-bond acceptors (Lipinski definition) is 3. The van der Waals surface area contributed by atoms with Gasteiger partial charge in [-0.3, -0.25) is 9.67 Å². The van der Waals surface area contributed by atoms with Gasteiger partial charge >= 0.3 is 0 Å². The molecule has 0 spiro atoms. The van der Waals surface area contributed by atoms with E-state index in [0.29, 0.717) is 10.7 Å². The van der Waals surface area contributed by atoms with E-state index in [1.807, 2.05) is 13.8 Å². The lowest BCUT2D eigenvalue weighted by Gasteiger charge is -2.17. The lowest BCUT2D eigenvalue weighted by Crippen LogP contribution is -2.21. The third-order valence-electron chi connectivity index (χ3n) is 2.65. The van der Waals surface area contributed by atoms with Crippen molar-refractivity contribution in [1.82, 2.24) is 14.8 Å². The number of halogens is 2. The van der Waals surface area contributed by atoms with E-state index < -0.39 is 11.9 Å². The minimum absolute atomic E-state index is 0.0883. The lowest BCUT2D eigenvalue weighted by atomic mass is 10.1. The average Bonchev–Trinajstić information content (AvgIpc) is 2.71. The van der Waals surface area contributed by atoms with E-state index in [2.05, 4.69) is 10.1 Å². The maximum Gasteiger partial charge on any atom is 0.146 e. The number of aromatic nitrogens is 3. The van der Waals surface area contributed by atoms with E-state index >= 15 is 0 Å². The van der Waals surface area contributed by atoms with Crippen LogP contribution in [0.3, 0.4) is 0 Å². The first-order chi connectivity index (χ1) is 8.52. The number of pyridine rings is 1. The van der Waals surface area contributed by atoms with Crippen molar-refractivity contribution in [2.75, 3.05) is 0 Å². The van der Waals surface area contributed by atoms with Crippen molar-refractivity contribution in [1.29, 1.82) is 0 Å². The predicted molar refractivity (Wildman–Crippen MR) is 67.8 cm³/mol. The first-order valence-electron chi connectivity index (χ1n) is 5.61. The highest BCUT2D eigenvalue weighted by molar-refractivity contribution is 6.31. The van der Waals surface area contributed by atoms with Crippen LogP contribution in [0.4, 0.5) is 4.39 Å². The number of nitrogens with two attached hydrogens (primary N) is 1. The molecule has 2 rings (SSSR count). The maximum atomic E-state index is 13.7. The van der Waals surface area contributed by atoms with Crippen LogP contribution in [-0.2, 0) is 0 Å². The maximum absolute atomic E-state index is 13.7. The van der Waals surface area contributed by atoms with Gasteiger partial charge < -0.3 is 5.73 Å². The van der Waals surface area contributed by atoms with Crippen LogP contribution < -0.4 is 5.73 Å². The topological polar surface area (TPSA) is 56.7 Å².